The predicted octanol–water partition coefficient (Wildman–Crippen LogP) is 3.45. The Hall–Kier alpha value is -2.99. The highest BCUT2D eigenvalue weighted by molar-refractivity contribution is 8.18. The van der Waals surface area contributed by atoms with Crippen molar-refractivity contribution in [1.29, 1.82) is 0 Å². The predicted molar refractivity (Wildman–Crippen MR) is 144 cm³/mol. The highest BCUT2D eigenvalue weighted by Crippen LogP contribution is 2.35. The summed E-state index contributed by atoms with van der Waals surface area (Å²) in [5.41, 5.74) is 1.97. The van der Waals surface area contributed by atoms with Crippen LogP contribution in [0.15, 0.2) is 46.6 Å². The average Bonchev–Trinajstić information content (AvgIpc) is 3.32. The number of rotatable bonds is 8. The second-order valence-corrected chi connectivity index (χ2v) is 11.0. The van der Waals surface area contributed by atoms with Gasteiger partial charge in [0.1, 0.15) is 0 Å². The summed E-state index contributed by atoms with van der Waals surface area (Å²) < 4.78 is 7.70. The van der Waals surface area contributed by atoms with Crippen LogP contribution in [0.2, 0.25) is 0 Å². The molecule has 1 saturated carbocycles. The molecule has 6 rings (SSSR count). The maximum absolute atomic E-state index is 12.5. The number of anilines is 1. The molecule has 3 aliphatic rings. The Balaban J connectivity index is 1.13. The molecule has 2 amide bonds. The number of hydrogen-bond acceptors (Lipinski definition) is 8. The lowest BCUT2D eigenvalue weighted by molar-refractivity contribution is -0.115. The quantitative estimate of drug-likeness (QED) is 0.360. The summed E-state index contributed by atoms with van der Waals surface area (Å²) in [5, 5.41) is 5.19. The number of benzene rings is 1. The summed E-state index contributed by atoms with van der Waals surface area (Å²) in [5.74, 6) is -0.182. The first-order valence-corrected chi connectivity index (χ1v) is 13.7. The van der Waals surface area contributed by atoms with Crippen molar-refractivity contribution in [1.82, 2.24) is 19.8 Å². The van der Waals surface area contributed by atoms with E-state index in [-0.39, 0.29) is 11.9 Å². The summed E-state index contributed by atoms with van der Waals surface area (Å²) in [6.45, 7) is 5.54. The van der Waals surface area contributed by atoms with Crippen molar-refractivity contribution in [2.24, 2.45) is 4.99 Å². The smallest absolute Gasteiger partial charge is 0.264 e. The molecule has 1 N–H and O–H groups in total. The third-order valence-electron chi connectivity index (χ3n) is 6.46. The van der Waals surface area contributed by atoms with E-state index in [1.165, 1.54) is 28.6 Å². The minimum absolute atomic E-state index is 0.182. The topological polar surface area (TPSA) is 92.1 Å². The number of amidine groups is 1. The second-order valence-electron chi connectivity index (χ2n) is 8.98. The van der Waals surface area contributed by atoms with Gasteiger partial charge in [-0.25, -0.2) is 9.98 Å². The van der Waals surface area contributed by atoms with E-state index in [9.17, 15) is 9.59 Å². The van der Waals surface area contributed by atoms with E-state index in [0.717, 1.165) is 74.6 Å². The Morgan fingerprint density at radius 3 is 2.89 bits per heavy atom. The first-order valence-electron chi connectivity index (χ1n) is 12.0. The summed E-state index contributed by atoms with van der Waals surface area (Å²) in [6, 6.07) is 8.48. The van der Waals surface area contributed by atoms with E-state index in [2.05, 4.69) is 43.1 Å². The van der Waals surface area contributed by atoms with Gasteiger partial charge in [0.25, 0.3) is 5.91 Å². The number of ether oxygens (including phenoxy) is 1. The van der Waals surface area contributed by atoms with Gasteiger partial charge in [-0.05, 0) is 54.9 Å². The molecule has 1 aromatic carbocycles. The molecule has 4 heterocycles. The fraction of sp³-hybridized carbons (Fsp3) is 0.360. The molecule has 0 radical (unpaired) electrons. The number of fused-ring (bicyclic) bond motifs is 1. The zero-order chi connectivity index (χ0) is 24.5. The fourth-order valence-electron chi connectivity index (χ4n) is 4.36. The number of aromatic nitrogens is 2. The number of carbonyl (C=O) groups is 2. The molecule has 11 heteroatoms. The minimum Gasteiger partial charge on any atom is -0.379 e. The number of morpholine rings is 1. The fourth-order valence-corrected chi connectivity index (χ4v) is 6.16. The van der Waals surface area contributed by atoms with Crippen LogP contribution in [0.25, 0.3) is 17.0 Å². The molecular formula is C25H26N6O3S2. The van der Waals surface area contributed by atoms with E-state index in [1.54, 1.807) is 17.2 Å². The van der Waals surface area contributed by atoms with Crippen LogP contribution in [0.4, 0.5) is 10.8 Å². The molecule has 1 aliphatic carbocycles. The van der Waals surface area contributed by atoms with Crippen LogP contribution in [0.3, 0.4) is 0 Å². The maximum Gasteiger partial charge on any atom is 0.264 e. The molecule has 9 nitrogen and oxygen atoms in total. The van der Waals surface area contributed by atoms with Gasteiger partial charge < -0.3 is 14.6 Å². The van der Waals surface area contributed by atoms with Gasteiger partial charge in [-0.2, -0.15) is 0 Å². The van der Waals surface area contributed by atoms with Gasteiger partial charge in [0.05, 0.1) is 28.7 Å². The Morgan fingerprint density at radius 1 is 1.22 bits per heavy atom. The highest BCUT2D eigenvalue weighted by Gasteiger charge is 2.31. The van der Waals surface area contributed by atoms with E-state index in [4.69, 9.17) is 4.74 Å². The van der Waals surface area contributed by atoms with Crippen LogP contribution in [0, 0.1) is 0 Å². The number of thioether (sulfide) groups is 1. The van der Waals surface area contributed by atoms with E-state index in [1.807, 2.05) is 12.1 Å². The summed E-state index contributed by atoms with van der Waals surface area (Å²) in [4.78, 5) is 38.4. The number of thiazole rings is 1. The third-order valence-corrected chi connectivity index (χ3v) is 8.32. The summed E-state index contributed by atoms with van der Waals surface area (Å²) >= 11 is 2.72. The maximum atomic E-state index is 12.5. The Labute approximate surface area is 216 Å². The summed E-state index contributed by atoms with van der Waals surface area (Å²) in [7, 11) is 0. The van der Waals surface area contributed by atoms with Gasteiger partial charge in [-0.3, -0.25) is 19.4 Å². The normalized spacial score (nSPS) is 20.9. The van der Waals surface area contributed by atoms with E-state index in [0.29, 0.717) is 15.2 Å². The lowest BCUT2D eigenvalue weighted by Gasteiger charge is -2.26. The van der Waals surface area contributed by atoms with Crippen molar-refractivity contribution in [3.8, 4) is 0 Å². The second kappa shape index (κ2) is 10.2. The minimum atomic E-state index is -0.182. The molecule has 0 bridgehead atoms. The SMILES string of the molecule is O=CN(c1ncc(/C=C2\SC(=Nc3ccc4c(ccn4CCN4CCOCC4)c3)NC2=O)s1)C1CC1. The van der Waals surface area contributed by atoms with Crippen molar-refractivity contribution >= 4 is 68.4 Å². The average molecular weight is 523 g/mol. The number of hydrogen-bond donors (Lipinski definition) is 1. The highest BCUT2D eigenvalue weighted by atomic mass is 32.2. The van der Waals surface area contributed by atoms with E-state index >= 15 is 0 Å². The molecule has 2 aromatic heterocycles. The standard InChI is InChI=1S/C25H26N6O3S2/c32-16-31(19-2-3-19)25-26-15-20(35-25)14-22-23(33)28-24(36-22)27-18-1-4-21-17(13-18)5-6-30(21)8-7-29-9-11-34-12-10-29/h1,4-6,13-16,19H,2-3,7-12H2,(H,27,28,33)/b22-14-. The lowest BCUT2D eigenvalue weighted by Crippen LogP contribution is -2.38. The number of nitrogens with zero attached hydrogens (tertiary/aromatic N) is 5. The molecule has 0 atom stereocenters. The first-order chi connectivity index (χ1) is 17.7. The van der Waals surface area contributed by atoms with Crippen molar-refractivity contribution in [2.75, 3.05) is 37.7 Å². The van der Waals surface area contributed by atoms with Crippen LogP contribution in [-0.2, 0) is 20.9 Å². The Morgan fingerprint density at radius 2 is 2.08 bits per heavy atom. The molecule has 186 valence electrons. The molecule has 2 aliphatic heterocycles. The molecular weight excluding hydrogens is 496 g/mol. The first kappa shape index (κ1) is 23.4. The number of carbonyl (C=O) groups excluding carboxylic acids is 2. The van der Waals surface area contributed by atoms with Gasteiger partial charge in [0.15, 0.2) is 10.3 Å². The zero-order valence-corrected chi connectivity index (χ0v) is 21.3. The largest absolute Gasteiger partial charge is 0.379 e. The zero-order valence-electron chi connectivity index (χ0n) is 19.6. The van der Waals surface area contributed by atoms with Gasteiger partial charge in [-0.1, -0.05) is 11.3 Å². The number of amides is 2. The van der Waals surface area contributed by atoms with Crippen molar-refractivity contribution in [3.63, 3.8) is 0 Å². The Kier molecular flexibility index (Phi) is 6.61. The number of aliphatic imine (C=N–C) groups is 1. The molecule has 3 fully saturated rings. The monoisotopic (exact) mass is 522 g/mol. The van der Waals surface area contributed by atoms with E-state index < -0.39 is 0 Å². The van der Waals surface area contributed by atoms with Crippen LogP contribution in [0.1, 0.15) is 17.7 Å². The molecule has 0 unspecified atom stereocenters. The van der Waals surface area contributed by atoms with Crippen molar-refractivity contribution in [3.05, 3.63) is 46.4 Å². The third kappa shape index (κ3) is 5.10. The molecule has 3 aromatic rings. The van der Waals surface area contributed by atoms with Crippen LogP contribution in [-0.4, -0.2) is 70.8 Å². The Bertz CT molecular complexity index is 1350. The lowest BCUT2D eigenvalue weighted by atomic mass is 10.2. The van der Waals surface area contributed by atoms with Gasteiger partial charge >= 0.3 is 0 Å². The van der Waals surface area contributed by atoms with Crippen LogP contribution < -0.4 is 10.2 Å². The molecule has 2 saturated heterocycles. The van der Waals surface area contributed by atoms with Crippen LogP contribution >= 0.6 is 23.1 Å². The molecule has 0 spiro atoms. The molecule has 36 heavy (non-hydrogen) atoms. The number of nitrogens with one attached hydrogen (secondary N) is 1. The van der Waals surface area contributed by atoms with Gasteiger partial charge in [0, 0.05) is 55.5 Å². The van der Waals surface area contributed by atoms with Crippen molar-refractivity contribution in [2.45, 2.75) is 25.4 Å². The van der Waals surface area contributed by atoms with Gasteiger partial charge in [0.2, 0.25) is 6.41 Å². The van der Waals surface area contributed by atoms with Crippen LogP contribution in [0.5, 0.6) is 0 Å². The van der Waals surface area contributed by atoms with Crippen molar-refractivity contribution < 1.29 is 14.3 Å². The van der Waals surface area contributed by atoms with Gasteiger partial charge in [-0.15, -0.1) is 0 Å². The summed E-state index contributed by atoms with van der Waals surface area (Å²) in [6.07, 6.45) is 8.48.